The van der Waals surface area contributed by atoms with Gasteiger partial charge in [-0.05, 0) is 67.3 Å². The second-order valence-corrected chi connectivity index (χ2v) is 8.26. The van der Waals surface area contributed by atoms with Crippen LogP contribution in [-0.2, 0) is 16.1 Å². The number of carbonyl (C=O) groups is 2. The quantitative estimate of drug-likeness (QED) is 0.531. The molecular weight excluding hydrogens is 392 g/mol. The summed E-state index contributed by atoms with van der Waals surface area (Å²) in [6, 6.07) is 14.3. The van der Waals surface area contributed by atoms with E-state index in [2.05, 4.69) is 10.6 Å². The van der Waals surface area contributed by atoms with Gasteiger partial charge in [0, 0.05) is 31.0 Å². The van der Waals surface area contributed by atoms with Crippen LogP contribution in [0, 0.1) is 13.8 Å². The monoisotopic (exact) mass is 420 g/mol. The largest absolute Gasteiger partial charge is 0.497 e. The highest BCUT2D eigenvalue weighted by Crippen LogP contribution is 2.38. The zero-order chi connectivity index (χ0) is 22.1. The number of fused-ring (bicyclic) bond motifs is 1. The Morgan fingerprint density at radius 1 is 1.06 bits per heavy atom. The fraction of sp³-hybridized carbons (Fsp3) is 0.360. The molecule has 0 spiro atoms. The van der Waals surface area contributed by atoms with Crippen molar-refractivity contribution in [2.45, 2.75) is 39.3 Å². The van der Waals surface area contributed by atoms with Gasteiger partial charge in [-0.25, -0.2) is 4.79 Å². The molecule has 1 aliphatic carbocycles. The number of esters is 1. The number of hydrogen-bond acceptors (Lipinski definition) is 4. The molecule has 4 rings (SSSR count). The lowest BCUT2D eigenvalue weighted by atomic mass is 10.1. The van der Waals surface area contributed by atoms with Gasteiger partial charge in [-0.1, -0.05) is 18.2 Å². The van der Waals surface area contributed by atoms with Crippen molar-refractivity contribution in [3.8, 4) is 5.75 Å². The summed E-state index contributed by atoms with van der Waals surface area (Å²) in [6.45, 7) is 4.10. The van der Waals surface area contributed by atoms with Crippen molar-refractivity contribution in [3.05, 3.63) is 65.0 Å². The predicted octanol–water partition coefficient (Wildman–Crippen LogP) is 4.42. The van der Waals surface area contributed by atoms with Gasteiger partial charge in [0.05, 0.1) is 12.7 Å². The van der Waals surface area contributed by atoms with Crippen LogP contribution in [-0.4, -0.2) is 42.1 Å². The van der Waals surface area contributed by atoms with E-state index in [0.29, 0.717) is 18.2 Å². The molecule has 31 heavy (non-hydrogen) atoms. The first-order chi connectivity index (χ1) is 14.9. The molecule has 1 aromatic heterocycles. The Balaban J connectivity index is 1.36. The maximum Gasteiger partial charge on any atom is 0.340 e. The molecule has 2 aromatic carbocycles. The van der Waals surface area contributed by atoms with Gasteiger partial charge in [-0.3, -0.25) is 4.79 Å². The van der Waals surface area contributed by atoms with Crippen molar-refractivity contribution in [2.75, 3.05) is 20.8 Å². The highest BCUT2D eigenvalue weighted by atomic mass is 16.5. The number of amides is 1. The number of ether oxygens (including phenoxy) is 2. The molecule has 1 amide bonds. The molecule has 0 unspecified atom stereocenters. The first kappa shape index (κ1) is 21.0. The van der Waals surface area contributed by atoms with Gasteiger partial charge in [0.15, 0.2) is 6.61 Å². The average Bonchev–Trinajstić information content (AvgIpc) is 3.55. The number of rotatable bonds is 7. The van der Waals surface area contributed by atoms with Crippen LogP contribution in [0.3, 0.4) is 0 Å². The zero-order valence-corrected chi connectivity index (χ0v) is 18.5. The Labute approximate surface area is 182 Å². The van der Waals surface area contributed by atoms with E-state index in [1.807, 2.05) is 50.2 Å². The summed E-state index contributed by atoms with van der Waals surface area (Å²) in [4.78, 5) is 26.6. The minimum Gasteiger partial charge on any atom is -0.497 e. The van der Waals surface area contributed by atoms with E-state index >= 15 is 0 Å². The van der Waals surface area contributed by atoms with Crippen LogP contribution in [0.25, 0.3) is 10.8 Å². The fourth-order valence-electron chi connectivity index (χ4n) is 4.05. The summed E-state index contributed by atoms with van der Waals surface area (Å²) < 4.78 is 12.8. The molecule has 162 valence electrons. The van der Waals surface area contributed by atoms with E-state index in [0.717, 1.165) is 46.3 Å². The summed E-state index contributed by atoms with van der Waals surface area (Å²) in [7, 11) is 3.36. The Morgan fingerprint density at radius 3 is 2.48 bits per heavy atom. The molecule has 1 fully saturated rings. The van der Waals surface area contributed by atoms with Crippen LogP contribution in [0.5, 0.6) is 5.75 Å². The first-order valence-electron chi connectivity index (χ1n) is 10.5. The fourth-order valence-corrected chi connectivity index (χ4v) is 4.05. The molecule has 0 radical (unpaired) electrons. The van der Waals surface area contributed by atoms with Crippen molar-refractivity contribution in [3.63, 3.8) is 0 Å². The number of aryl methyl sites for hydroxylation is 1. The lowest BCUT2D eigenvalue weighted by molar-refractivity contribution is -0.133. The van der Waals surface area contributed by atoms with Crippen LogP contribution >= 0.6 is 0 Å². The lowest BCUT2D eigenvalue weighted by Crippen LogP contribution is -2.30. The molecule has 3 aromatic rings. The van der Waals surface area contributed by atoms with Crippen molar-refractivity contribution < 1.29 is 19.1 Å². The SMILES string of the molecule is COc1ccc2cc(CN(C)C(=O)COC(=O)c3cc(C)n(C4CC4)c3C)ccc2c1. The average molecular weight is 421 g/mol. The maximum absolute atomic E-state index is 12.5. The normalized spacial score (nSPS) is 13.3. The van der Waals surface area contributed by atoms with Crippen LogP contribution in [0.2, 0.25) is 0 Å². The summed E-state index contributed by atoms with van der Waals surface area (Å²) >= 11 is 0. The molecule has 0 N–H and O–H groups in total. The molecule has 0 aliphatic heterocycles. The number of nitrogens with zero attached hydrogens (tertiary/aromatic N) is 2. The summed E-state index contributed by atoms with van der Waals surface area (Å²) in [5.74, 6) is 0.132. The van der Waals surface area contributed by atoms with Crippen LogP contribution in [0.1, 0.15) is 46.2 Å². The van der Waals surface area contributed by atoms with Crippen LogP contribution < -0.4 is 4.74 Å². The highest BCUT2D eigenvalue weighted by molar-refractivity contribution is 5.93. The molecule has 1 heterocycles. The van der Waals surface area contributed by atoms with Crippen molar-refractivity contribution in [2.24, 2.45) is 0 Å². The van der Waals surface area contributed by atoms with E-state index in [9.17, 15) is 9.59 Å². The van der Waals surface area contributed by atoms with Gasteiger partial charge in [0.1, 0.15) is 5.75 Å². The third kappa shape index (κ3) is 4.43. The third-order valence-corrected chi connectivity index (χ3v) is 5.90. The third-order valence-electron chi connectivity index (χ3n) is 5.90. The molecule has 6 nitrogen and oxygen atoms in total. The smallest absolute Gasteiger partial charge is 0.340 e. The highest BCUT2D eigenvalue weighted by Gasteiger charge is 2.29. The van der Waals surface area contributed by atoms with Gasteiger partial charge >= 0.3 is 5.97 Å². The molecule has 0 atom stereocenters. The zero-order valence-electron chi connectivity index (χ0n) is 18.5. The summed E-state index contributed by atoms with van der Waals surface area (Å²) in [6.07, 6.45) is 2.30. The number of benzene rings is 2. The second-order valence-electron chi connectivity index (χ2n) is 8.26. The Morgan fingerprint density at radius 2 is 1.77 bits per heavy atom. The maximum atomic E-state index is 12.5. The van der Waals surface area contributed by atoms with E-state index in [-0.39, 0.29) is 12.5 Å². The Bertz CT molecular complexity index is 1140. The second kappa shape index (κ2) is 8.46. The number of carbonyl (C=O) groups excluding carboxylic acids is 2. The van der Waals surface area contributed by atoms with E-state index in [1.54, 1.807) is 19.1 Å². The summed E-state index contributed by atoms with van der Waals surface area (Å²) in [5, 5.41) is 2.16. The molecular formula is C25H28N2O4. The minimum absolute atomic E-state index is 0.237. The van der Waals surface area contributed by atoms with Crippen LogP contribution in [0.15, 0.2) is 42.5 Å². The minimum atomic E-state index is -0.443. The lowest BCUT2D eigenvalue weighted by Gasteiger charge is -2.17. The predicted molar refractivity (Wildman–Crippen MR) is 119 cm³/mol. The number of methoxy groups -OCH3 is 1. The van der Waals surface area contributed by atoms with E-state index < -0.39 is 5.97 Å². The van der Waals surface area contributed by atoms with Gasteiger partial charge in [0.25, 0.3) is 5.91 Å². The van der Waals surface area contributed by atoms with Gasteiger partial charge in [0.2, 0.25) is 0 Å². The Kier molecular flexibility index (Phi) is 5.72. The van der Waals surface area contributed by atoms with Crippen LogP contribution in [0.4, 0.5) is 0 Å². The topological polar surface area (TPSA) is 60.8 Å². The van der Waals surface area contributed by atoms with Crippen molar-refractivity contribution >= 4 is 22.6 Å². The number of hydrogen-bond donors (Lipinski definition) is 0. The molecule has 1 aliphatic rings. The standard InChI is InChI=1S/C25H28N2O4/c1-16-11-23(17(2)27(16)21-8-9-21)25(29)31-15-24(28)26(3)14-18-5-6-20-13-22(30-4)10-7-19(20)12-18/h5-7,10-13,21H,8-9,14-15H2,1-4H3. The summed E-state index contributed by atoms with van der Waals surface area (Å²) in [5.41, 5.74) is 3.53. The van der Waals surface area contributed by atoms with Crippen molar-refractivity contribution in [1.29, 1.82) is 0 Å². The van der Waals surface area contributed by atoms with E-state index in [4.69, 9.17) is 9.47 Å². The molecule has 0 bridgehead atoms. The van der Waals surface area contributed by atoms with Gasteiger partial charge in [-0.2, -0.15) is 0 Å². The molecule has 6 heteroatoms. The first-order valence-corrected chi connectivity index (χ1v) is 10.5. The van der Waals surface area contributed by atoms with Gasteiger partial charge < -0.3 is 18.9 Å². The van der Waals surface area contributed by atoms with Gasteiger partial charge in [-0.15, -0.1) is 0 Å². The number of likely N-dealkylation sites (N-methyl/N-ethyl adjacent to an activating group) is 1. The molecule has 1 saturated carbocycles. The number of aromatic nitrogens is 1. The molecule has 0 saturated heterocycles. The Hall–Kier alpha value is -3.28. The van der Waals surface area contributed by atoms with Crippen molar-refractivity contribution in [1.82, 2.24) is 9.47 Å². The van der Waals surface area contributed by atoms with E-state index in [1.165, 1.54) is 0 Å².